The molecule has 21 heavy (non-hydrogen) atoms. The lowest BCUT2D eigenvalue weighted by Crippen LogP contribution is -2.18. The number of rotatable bonds is 7. The minimum atomic E-state index is 0.382. The highest BCUT2D eigenvalue weighted by Gasteiger charge is 2.13. The van der Waals surface area contributed by atoms with Crippen molar-refractivity contribution in [1.82, 2.24) is 10.3 Å². The van der Waals surface area contributed by atoms with Gasteiger partial charge >= 0.3 is 0 Å². The van der Waals surface area contributed by atoms with Crippen molar-refractivity contribution in [2.24, 2.45) is 0 Å². The fourth-order valence-electron chi connectivity index (χ4n) is 2.08. The summed E-state index contributed by atoms with van der Waals surface area (Å²) in [6.07, 6.45) is 1.15. The highest BCUT2D eigenvalue weighted by molar-refractivity contribution is 7.98. The summed E-state index contributed by atoms with van der Waals surface area (Å²) in [5.74, 6) is 0.895. The molecule has 5 heteroatoms. The predicted molar refractivity (Wildman–Crippen MR) is 94.6 cm³/mol. The van der Waals surface area contributed by atoms with Gasteiger partial charge in [-0.1, -0.05) is 24.6 Å². The second-order valence-corrected chi connectivity index (χ2v) is 7.58. The van der Waals surface area contributed by atoms with Crippen LogP contribution in [-0.4, -0.2) is 11.5 Å². The summed E-state index contributed by atoms with van der Waals surface area (Å²) in [7, 11) is 0. The van der Waals surface area contributed by atoms with Crippen molar-refractivity contribution in [3.63, 3.8) is 0 Å². The lowest BCUT2D eigenvalue weighted by Gasteiger charge is -2.11. The van der Waals surface area contributed by atoms with Gasteiger partial charge in [-0.3, -0.25) is 0 Å². The molecule has 1 aromatic carbocycles. The third-order valence-electron chi connectivity index (χ3n) is 3.13. The van der Waals surface area contributed by atoms with E-state index in [1.54, 1.807) is 11.8 Å². The lowest BCUT2D eigenvalue weighted by molar-refractivity contribution is 0.575. The zero-order valence-electron chi connectivity index (χ0n) is 12.6. The van der Waals surface area contributed by atoms with Gasteiger partial charge in [0.1, 0.15) is 5.01 Å². The van der Waals surface area contributed by atoms with E-state index in [-0.39, 0.29) is 0 Å². The molecule has 1 aromatic heterocycles. The molecular weight excluding hydrogens is 320 g/mol. The summed E-state index contributed by atoms with van der Waals surface area (Å²) >= 11 is 9.61. The van der Waals surface area contributed by atoms with E-state index in [1.807, 2.05) is 29.5 Å². The SMILES string of the molecule is CCCNC(C)c1sc(CSc2cccc(Cl)c2)nc1C. The van der Waals surface area contributed by atoms with Crippen molar-refractivity contribution in [3.05, 3.63) is 44.9 Å². The van der Waals surface area contributed by atoms with Crippen molar-refractivity contribution < 1.29 is 0 Å². The number of hydrogen-bond donors (Lipinski definition) is 1. The molecule has 2 aromatic rings. The standard InChI is InChI=1S/C16H21ClN2S2/c1-4-8-18-11(2)16-12(3)19-15(21-16)10-20-14-7-5-6-13(17)9-14/h5-7,9,11,18H,4,8,10H2,1-3H3. The van der Waals surface area contributed by atoms with Crippen LogP contribution in [0.3, 0.4) is 0 Å². The Labute approximate surface area is 140 Å². The minimum Gasteiger partial charge on any atom is -0.309 e. The van der Waals surface area contributed by atoms with E-state index in [0.29, 0.717) is 6.04 Å². The van der Waals surface area contributed by atoms with E-state index in [2.05, 4.69) is 32.2 Å². The quantitative estimate of drug-likeness (QED) is 0.677. The van der Waals surface area contributed by atoms with E-state index in [9.17, 15) is 0 Å². The molecular formula is C16H21ClN2S2. The van der Waals surface area contributed by atoms with Crippen molar-refractivity contribution in [2.75, 3.05) is 6.54 Å². The fraction of sp³-hybridized carbons (Fsp3) is 0.438. The van der Waals surface area contributed by atoms with Crippen LogP contribution in [0.1, 0.15) is 41.9 Å². The van der Waals surface area contributed by atoms with Crippen LogP contribution in [0, 0.1) is 6.92 Å². The molecule has 114 valence electrons. The largest absolute Gasteiger partial charge is 0.309 e. The molecule has 1 atom stereocenters. The minimum absolute atomic E-state index is 0.382. The molecule has 0 fully saturated rings. The number of benzene rings is 1. The number of aromatic nitrogens is 1. The Morgan fingerprint density at radius 3 is 2.95 bits per heavy atom. The van der Waals surface area contributed by atoms with E-state index < -0.39 is 0 Å². The molecule has 0 saturated heterocycles. The second kappa shape index (κ2) is 8.18. The number of nitrogens with zero attached hydrogens (tertiary/aromatic N) is 1. The van der Waals surface area contributed by atoms with E-state index >= 15 is 0 Å². The molecule has 0 aliphatic heterocycles. The van der Waals surface area contributed by atoms with Crippen LogP contribution >= 0.6 is 34.7 Å². The first-order chi connectivity index (χ1) is 10.1. The van der Waals surface area contributed by atoms with Crippen molar-refractivity contribution in [3.8, 4) is 0 Å². The Bertz CT molecular complexity index is 583. The molecule has 2 nitrogen and oxygen atoms in total. The Balaban J connectivity index is 1.98. The fourth-order valence-corrected chi connectivity index (χ4v) is 4.38. The molecule has 0 radical (unpaired) electrons. The smallest absolute Gasteiger partial charge is 0.103 e. The average Bonchev–Trinajstić information content (AvgIpc) is 2.84. The zero-order valence-corrected chi connectivity index (χ0v) is 15.0. The van der Waals surface area contributed by atoms with Crippen molar-refractivity contribution in [1.29, 1.82) is 0 Å². The summed E-state index contributed by atoms with van der Waals surface area (Å²) in [5, 5.41) is 5.49. The van der Waals surface area contributed by atoms with Gasteiger partial charge in [-0.25, -0.2) is 4.98 Å². The average molecular weight is 341 g/mol. The van der Waals surface area contributed by atoms with Gasteiger partial charge < -0.3 is 5.32 Å². The third-order valence-corrected chi connectivity index (χ3v) is 5.89. The lowest BCUT2D eigenvalue weighted by atomic mass is 10.2. The monoisotopic (exact) mass is 340 g/mol. The van der Waals surface area contributed by atoms with Gasteiger partial charge in [-0.15, -0.1) is 23.1 Å². The molecule has 0 aliphatic rings. The molecule has 1 heterocycles. The molecule has 2 rings (SSSR count). The maximum Gasteiger partial charge on any atom is 0.103 e. The first kappa shape index (κ1) is 16.8. The Morgan fingerprint density at radius 1 is 1.43 bits per heavy atom. The first-order valence-electron chi connectivity index (χ1n) is 7.18. The van der Waals surface area contributed by atoms with Crippen LogP contribution in [-0.2, 0) is 5.75 Å². The van der Waals surface area contributed by atoms with Gasteiger partial charge in [-0.2, -0.15) is 0 Å². The van der Waals surface area contributed by atoms with Crippen LogP contribution < -0.4 is 5.32 Å². The number of thioether (sulfide) groups is 1. The zero-order chi connectivity index (χ0) is 15.2. The molecule has 0 bridgehead atoms. The molecule has 1 N–H and O–H groups in total. The summed E-state index contributed by atoms with van der Waals surface area (Å²) in [4.78, 5) is 7.24. The van der Waals surface area contributed by atoms with Crippen LogP contribution in [0.25, 0.3) is 0 Å². The summed E-state index contributed by atoms with van der Waals surface area (Å²) in [5.41, 5.74) is 1.15. The maximum atomic E-state index is 6.01. The van der Waals surface area contributed by atoms with Crippen molar-refractivity contribution >= 4 is 34.7 Å². The molecule has 0 saturated carbocycles. The van der Waals surface area contributed by atoms with Gasteiger partial charge in [0.15, 0.2) is 0 Å². The molecule has 0 aliphatic carbocycles. The summed E-state index contributed by atoms with van der Waals surface area (Å²) in [6, 6.07) is 8.35. The van der Waals surface area contributed by atoms with Gasteiger partial charge in [0.05, 0.1) is 11.4 Å². The Hall–Kier alpha value is -0.550. The summed E-state index contributed by atoms with van der Waals surface area (Å²) in [6.45, 7) is 7.55. The highest BCUT2D eigenvalue weighted by atomic mass is 35.5. The van der Waals surface area contributed by atoms with Crippen LogP contribution in [0.5, 0.6) is 0 Å². The Morgan fingerprint density at radius 2 is 2.24 bits per heavy atom. The summed E-state index contributed by atoms with van der Waals surface area (Å²) < 4.78 is 0. The normalized spacial score (nSPS) is 12.6. The van der Waals surface area contributed by atoms with E-state index in [4.69, 9.17) is 16.6 Å². The van der Waals surface area contributed by atoms with E-state index in [1.165, 1.54) is 14.8 Å². The number of hydrogen-bond acceptors (Lipinski definition) is 4. The number of halogens is 1. The van der Waals surface area contributed by atoms with Gasteiger partial charge in [-0.05, 0) is 45.0 Å². The first-order valence-corrected chi connectivity index (χ1v) is 9.36. The highest BCUT2D eigenvalue weighted by Crippen LogP contribution is 2.30. The maximum absolute atomic E-state index is 6.01. The third kappa shape index (κ3) is 4.99. The van der Waals surface area contributed by atoms with Crippen LogP contribution in [0.15, 0.2) is 29.2 Å². The molecule has 0 spiro atoms. The van der Waals surface area contributed by atoms with Gasteiger partial charge in [0.2, 0.25) is 0 Å². The molecule has 1 unspecified atom stereocenters. The predicted octanol–water partition coefficient (Wildman–Crippen LogP) is 5.46. The van der Waals surface area contributed by atoms with E-state index in [0.717, 1.165) is 29.4 Å². The number of nitrogens with one attached hydrogen (secondary N) is 1. The number of thiazole rings is 1. The topological polar surface area (TPSA) is 24.9 Å². The number of aryl methyl sites for hydroxylation is 1. The van der Waals surface area contributed by atoms with Crippen molar-refractivity contribution in [2.45, 2.75) is 43.9 Å². The Kier molecular flexibility index (Phi) is 6.55. The molecule has 0 amide bonds. The second-order valence-electron chi connectivity index (χ2n) is 4.98. The van der Waals surface area contributed by atoms with Crippen LogP contribution in [0.4, 0.5) is 0 Å². The van der Waals surface area contributed by atoms with Gasteiger partial charge in [0, 0.05) is 20.8 Å². The van der Waals surface area contributed by atoms with Gasteiger partial charge in [0.25, 0.3) is 0 Å². The van der Waals surface area contributed by atoms with Crippen LogP contribution in [0.2, 0.25) is 5.02 Å².